The van der Waals surface area contributed by atoms with Gasteiger partial charge in [-0.3, -0.25) is 20.2 Å². The summed E-state index contributed by atoms with van der Waals surface area (Å²) in [6.45, 7) is 1.99. The number of rotatable bonds is 5. The molecule has 156 valence electrons. The van der Waals surface area contributed by atoms with Gasteiger partial charge in [0.2, 0.25) is 5.91 Å². The third kappa shape index (κ3) is 5.77. The number of nitro benzene ring substituents is 1. The number of hydrogen-bond donors (Lipinski definition) is 2. The van der Waals surface area contributed by atoms with Gasteiger partial charge in [-0.15, -0.1) is 0 Å². The Hall–Kier alpha value is -2.97. The molecule has 0 radical (unpaired) electrons. The smallest absolute Gasteiger partial charge is 0.288 e. The molecule has 1 aliphatic heterocycles. The van der Waals surface area contributed by atoms with Crippen LogP contribution in [0.5, 0.6) is 0 Å². The van der Waals surface area contributed by atoms with E-state index in [1.165, 1.54) is 30.7 Å². The highest BCUT2D eigenvalue weighted by atomic mass is 35.5. The minimum Gasteiger partial charge on any atom is -0.370 e. The summed E-state index contributed by atoms with van der Waals surface area (Å²) in [5, 5.41) is 16.9. The van der Waals surface area contributed by atoms with Crippen molar-refractivity contribution < 1.29 is 9.72 Å². The Morgan fingerprint density at radius 3 is 2.63 bits per heavy atom. The summed E-state index contributed by atoms with van der Waals surface area (Å²) in [7, 11) is 0. The molecule has 2 aromatic carbocycles. The molecule has 0 aromatic heterocycles. The van der Waals surface area contributed by atoms with Gasteiger partial charge in [0.15, 0.2) is 5.11 Å². The highest BCUT2D eigenvalue weighted by Gasteiger charge is 2.15. The van der Waals surface area contributed by atoms with Gasteiger partial charge in [-0.1, -0.05) is 29.8 Å². The SMILES string of the molecule is O=C(C=Cc1ccc(Cl)c([N+](=O)[O-])c1)NC(=S)Nc1ccccc1N1CCCCC1. The lowest BCUT2D eigenvalue weighted by molar-refractivity contribution is -0.384. The van der Waals surface area contributed by atoms with E-state index >= 15 is 0 Å². The lowest BCUT2D eigenvalue weighted by Crippen LogP contribution is -2.34. The summed E-state index contributed by atoms with van der Waals surface area (Å²) in [6, 6.07) is 12.2. The zero-order chi connectivity index (χ0) is 21.5. The quantitative estimate of drug-likeness (QED) is 0.299. The van der Waals surface area contributed by atoms with Crippen LogP contribution in [-0.4, -0.2) is 29.0 Å². The van der Waals surface area contributed by atoms with E-state index in [2.05, 4.69) is 15.5 Å². The van der Waals surface area contributed by atoms with Gasteiger partial charge in [-0.2, -0.15) is 0 Å². The van der Waals surface area contributed by atoms with E-state index in [1.54, 1.807) is 6.07 Å². The molecule has 9 heteroatoms. The molecule has 30 heavy (non-hydrogen) atoms. The highest BCUT2D eigenvalue weighted by Crippen LogP contribution is 2.28. The third-order valence-corrected chi connectivity index (χ3v) is 5.20. The van der Waals surface area contributed by atoms with Crippen molar-refractivity contribution in [1.29, 1.82) is 0 Å². The number of carbonyl (C=O) groups is 1. The molecule has 1 amide bonds. The summed E-state index contributed by atoms with van der Waals surface area (Å²) in [5.41, 5.74) is 2.15. The second-order valence-electron chi connectivity index (χ2n) is 6.81. The zero-order valence-electron chi connectivity index (χ0n) is 16.1. The maximum absolute atomic E-state index is 12.2. The molecule has 1 saturated heterocycles. The Kier molecular flexibility index (Phi) is 7.37. The topological polar surface area (TPSA) is 87.5 Å². The molecule has 0 saturated carbocycles. The van der Waals surface area contributed by atoms with Gasteiger partial charge in [0, 0.05) is 25.2 Å². The fourth-order valence-electron chi connectivity index (χ4n) is 3.24. The van der Waals surface area contributed by atoms with Crippen molar-refractivity contribution in [2.24, 2.45) is 0 Å². The maximum atomic E-state index is 12.2. The molecule has 7 nitrogen and oxygen atoms in total. The first-order chi connectivity index (χ1) is 14.4. The number of benzene rings is 2. The van der Waals surface area contributed by atoms with Crippen molar-refractivity contribution in [2.75, 3.05) is 23.3 Å². The first-order valence-corrected chi connectivity index (χ1v) is 10.3. The van der Waals surface area contributed by atoms with Crippen molar-refractivity contribution in [2.45, 2.75) is 19.3 Å². The van der Waals surface area contributed by atoms with E-state index in [9.17, 15) is 14.9 Å². The molecule has 3 rings (SSSR count). The molecule has 1 heterocycles. The van der Waals surface area contributed by atoms with Gasteiger partial charge in [0.1, 0.15) is 5.02 Å². The first kappa shape index (κ1) is 21.7. The summed E-state index contributed by atoms with van der Waals surface area (Å²) in [4.78, 5) is 24.9. The lowest BCUT2D eigenvalue weighted by Gasteiger charge is -2.30. The van der Waals surface area contributed by atoms with Gasteiger partial charge in [-0.05, 0) is 61.3 Å². The minimum absolute atomic E-state index is 0.0411. The molecule has 0 spiro atoms. The number of nitrogens with one attached hydrogen (secondary N) is 2. The van der Waals surface area contributed by atoms with E-state index in [-0.39, 0.29) is 15.8 Å². The Morgan fingerprint density at radius 1 is 1.17 bits per heavy atom. The van der Waals surface area contributed by atoms with Crippen LogP contribution in [0.2, 0.25) is 5.02 Å². The van der Waals surface area contributed by atoms with Gasteiger partial charge in [-0.25, -0.2) is 0 Å². The van der Waals surface area contributed by atoms with Gasteiger partial charge >= 0.3 is 0 Å². The molecule has 1 fully saturated rings. The number of thiocarbonyl (C=S) groups is 1. The van der Waals surface area contributed by atoms with Crippen LogP contribution in [0, 0.1) is 10.1 Å². The van der Waals surface area contributed by atoms with Crippen LogP contribution < -0.4 is 15.5 Å². The van der Waals surface area contributed by atoms with Crippen LogP contribution in [0.25, 0.3) is 6.08 Å². The van der Waals surface area contributed by atoms with Gasteiger partial charge < -0.3 is 10.2 Å². The molecular weight excluding hydrogens is 424 g/mol. The number of anilines is 2. The van der Waals surface area contributed by atoms with Gasteiger partial charge in [0.25, 0.3) is 5.69 Å². The Bertz CT molecular complexity index is 990. The van der Waals surface area contributed by atoms with Crippen molar-refractivity contribution >= 4 is 58.0 Å². The van der Waals surface area contributed by atoms with Crippen molar-refractivity contribution in [3.05, 3.63) is 69.2 Å². The Morgan fingerprint density at radius 2 is 1.90 bits per heavy atom. The number of para-hydroxylation sites is 2. The predicted molar refractivity (Wildman–Crippen MR) is 124 cm³/mol. The van der Waals surface area contributed by atoms with Crippen molar-refractivity contribution in [3.8, 4) is 0 Å². The first-order valence-electron chi connectivity index (χ1n) is 9.52. The average molecular weight is 445 g/mol. The number of carbonyl (C=O) groups excluding carboxylic acids is 1. The fourth-order valence-corrected chi connectivity index (χ4v) is 3.64. The highest BCUT2D eigenvalue weighted by molar-refractivity contribution is 7.80. The van der Waals surface area contributed by atoms with Crippen LogP contribution in [0.15, 0.2) is 48.5 Å². The van der Waals surface area contributed by atoms with Crippen LogP contribution in [0.1, 0.15) is 24.8 Å². The van der Waals surface area contributed by atoms with Crippen molar-refractivity contribution in [3.63, 3.8) is 0 Å². The summed E-state index contributed by atoms with van der Waals surface area (Å²) < 4.78 is 0. The van der Waals surface area contributed by atoms with E-state index in [1.807, 2.05) is 24.3 Å². The molecule has 2 N–H and O–H groups in total. The summed E-state index contributed by atoms with van der Waals surface area (Å²) in [5.74, 6) is -0.444. The van der Waals surface area contributed by atoms with E-state index in [0.29, 0.717) is 5.56 Å². The average Bonchev–Trinajstić information content (AvgIpc) is 2.74. The molecule has 1 aliphatic rings. The summed E-state index contributed by atoms with van der Waals surface area (Å²) in [6.07, 6.45) is 6.27. The zero-order valence-corrected chi connectivity index (χ0v) is 17.7. The number of halogens is 1. The number of piperidine rings is 1. The molecule has 2 aromatic rings. The monoisotopic (exact) mass is 444 g/mol. The van der Waals surface area contributed by atoms with Gasteiger partial charge in [0.05, 0.1) is 16.3 Å². The number of amides is 1. The predicted octanol–water partition coefficient (Wildman–Crippen LogP) is 4.76. The van der Waals surface area contributed by atoms with E-state index in [4.69, 9.17) is 23.8 Å². The van der Waals surface area contributed by atoms with E-state index < -0.39 is 10.8 Å². The standard InChI is InChI=1S/C21H21ClN4O3S/c22-16-10-8-15(14-19(16)26(28)29)9-11-20(27)24-21(30)23-17-6-2-3-7-18(17)25-12-4-1-5-13-25/h2-3,6-11,14H,1,4-5,12-13H2,(H2,23,24,27,30). The minimum atomic E-state index is -0.571. The Labute approximate surface area is 184 Å². The number of nitrogens with zero attached hydrogens (tertiary/aromatic N) is 2. The molecule has 0 aliphatic carbocycles. The van der Waals surface area contributed by atoms with Crippen LogP contribution in [0.3, 0.4) is 0 Å². The van der Waals surface area contributed by atoms with E-state index in [0.717, 1.165) is 37.3 Å². The van der Waals surface area contributed by atoms with Crippen LogP contribution >= 0.6 is 23.8 Å². The number of nitro groups is 1. The van der Waals surface area contributed by atoms with Crippen LogP contribution in [-0.2, 0) is 4.79 Å². The second-order valence-corrected chi connectivity index (χ2v) is 7.62. The molecular formula is C21H21ClN4O3S. The van der Waals surface area contributed by atoms with Crippen LogP contribution in [0.4, 0.5) is 17.1 Å². The van der Waals surface area contributed by atoms with Crippen molar-refractivity contribution in [1.82, 2.24) is 5.32 Å². The maximum Gasteiger partial charge on any atom is 0.288 e. The second kappa shape index (κ2) is 10.2. The fraction of sp³-hybridized carbons (Fsp3) is 0.238. The summed E-state index contributed by atoms with van der Waals surface area (Å²) >= 11 is 11.1. The Balaban J connectivity index is 1.62. The lowest BCUT2D eigenvalue weighted by atomic mass is 10.1. The largest absolute Gasteiger partial charge is 0.370 e. The molecule has 0 bridgehead atoms. The normalized spacial score (nSPS) is 13.8. The molecule has 0 unspecified atom stereocenters. The molecule has 0 atom stereocenters. The number of hydrogen-bond acceptors (Lipinski definition) is 5. The third-order valence-electron chi connectivity index (χ3n) is 4.68.